The number of para-hydroxylation sites is 3. The first-order chi connectivity index (χ1) is 14.2. The minimum absolute atomic E-state index is 0.0367. The maximum absolute atomic E-state index is 12.9. The second-order valence-corrected chi connectivity index (χ2v) is 6.95. The molecule has 3 rings (SSSR count). The Bertz CT molecular complexity index is 826. The first-order valence-electron chi connectivity index (χ1n) is 10.1. The van der Waals surface area contributed by atoms with E-state index in [-0.39, 0.29) is 5.91 Å². The van der Waals surface area contributed by atoms with Crippen LogP contribution in [0, 0.1) is 11.3 Å². The lowest BCUT2D eigenvalue weighted by atomic mass is 10.2. The molecule has 2 aromatic rings. The maximum atomic E-state index is 12.9. The van der Waals surface area contributed by atoms with Crippen molar-refractivity contribution in [1.29, 1.82) is 5.26 Å². The van der Waals surface area contributed by atoms with Crippen molar-refractivity contribution in [1.82, 2.24) is 4.90 Å². The summed E-state index contributed by atoms with van der Waals surface area (Å²) in [4.78, 5) is 19.2. The van der Waals surface area contributed by atoms with Gasteiger partial charge in [-0.1, -0.05) is 30.3 Å². The standard InChI is InChI=1S/C23H28N4O2/c1-2-29-22-12-7-6-11-21(22)26-17-15-25(16-18-26)19-23(28)27(14-8-13-24)20-9-4-3-5-10-20/h3-7,9-12H,2,8,14-19H2,1H3. The molecule has 0 unspecified atom stereocenters. The third-order valence-electron chi connectivity index (χ3n) is 5.05. The lowest BCUT2D eigenvalue weighted by Gasteiger charge is -2.37. The molecule has 0 aliphatic carbocycles. The first-order valence-corrected chi connectivity index (χ1v) is 10.1. The van der Waals surface area contributed by atoms with Gasteiger partial charge in [-0.2, -0.15) is 5.26 Å². The molecule has 0 bridgehead atoms. The number of carbonyl (C=O) groups excluding carboxylic acids is 1. The molecule has 0 atom stereocenters. The fraction of sp³-hybridized carbons (Fsp3) is 0.391. The van der Waals surface area contributed by atoms with Gasteiger partial charge in [-0.3, -0.25) is 9.69 Å². The van der Waals surface area contributed by atoms with Crippen molar-refractivity contribution in [2.24, 2.45) is 0 Å². The molecule has 1 aliphatic heterocycles. The smallest absolute Gasteiger partial charge is 0.241 e. The molecule has 1 fully saturated rings. The van der Waals surface area contributed by atoms with Crippen LogP contribution < -0.4 is 14.5 Å². The molecule has 2 aromatic carbocycles. The zero-order valence-electron chi connectivity index (χ0n) is 17.0. The van der Waals surface area contributed by atoms with Crippen molar-refractivity contribution in [3.8, 4) is 11.8 Å². The molecule has 0 saturated carbocycles. The highest BCUT2D eigenvalue weighted by atomic mass is 16.5. The molecular formula is C23H28N4O2. The summed E-state index contributed by atoms with van der Waals surface area (Å²) in [6.45, 7) is 6.74. The highest BCUT2D eigenvalue weighted by Crippen LogP contribution is 2.28. The second kappa shape index (κ2) is 10.5. The highest BCUT2D eigenvalue weighted by Gasteiger charge is 2.23. The van der Waals surface area contributed by atoms with Crippen LogP contribution >= 0.6 is 0 Å². The predicted octanol–water partition coefficient (Wildman–Crippen LogP) is 3.15. The second-order valence-electron chi connectivity index (χ2n) is 6.95. The monoisotopic (exact) mass is 392 g/mol. The number of piperazine rings is 1. The lowest BCUT2D eigenvalue weighted by molar-refractivity contribution is -0.119. The van der Waals surface area contributed by atoms with Crippen LogP contribution in [0.5, 0.6) is 5.75 Å². The third-order valence-corrected chi connectivity index (χ3v) is 5.05. The molecule has 1 heterocycles. The van der Waals surface area contributed by atoms with Crippen LogP contribution in [0.25, 0.3) is 0 Å². The van der Waals surface area contributed by atoms with Crippen molar-refractivity contribution in [3.63, 3.8) is 0 Å². The summed E-state index contributed by atoms with van der Waals surface area (Å²) in [5, 5.41) is 8.95. The highest BCUT2D eigenvalue weighted by molar-refractivity contribution is 5.94. The lowest BCUT2D eigenvalue weighted by Crippen LogP contribution is -2.50. The Balaban J connectivity index is 1.59. The summed E-state index contributed by atoms with van der Waals surface area (Å²) in [5.74, 6) is 0.945. The van der Waals surface area contributed by atoms with E-state index in [9.17, 15) is 4.79 Å². The molecule has 6 heteroatoms. The van der Waals surface area contributed by atoms with E-state index < -0.39 is 0 Å². The normalized spacial score (nSPS) is 14.3. The topological polar surface area (TPSA) is 59.8 Å². The fourth-order valence-electron chi connectivity index (χ4n) is 3.59. The van der Waals surface area contributed by atoms with E-state index in [0.717, 1.165) is 43.3 Å². The van der Waals surface area contributed by atoms with E-state index in [1.807, 2.05) is 55.5 Å². The average molecular weight is 393 g/mol. The van der Waals surface area contributed by atoms with Crippen LogP contribution in [0.2, 0.25) is 0 Å². The maximum Gasteiger partial charge on any atom is 0.241 e. The van der Waals surface area contributed by atoms with E-state index >= 15 is 0 Å². The number of hydrogen-bond acceptors (Lipinski definition) is 5. The van der Waals surface area contributed by atoms with Gasteiger partial charge in [0.2, 0.25) is 5.91 Å². The number of ether oxygens (including phenoxy) is 1. The SMILES string of the molecule is CCOc1ccccc1N1CCN(CC(=O)N(CCC#N)c2ccccc2)CC1. The zero-order valence-corrected chi connectivity index (χ0v) is 17.0. The quantitative estimate of drug-likeness (QED) is 0.691. The largest absolute Gasteiger partial charge is 0.492 e. The van der Waals surface area contributed by atoms with E-state index in [4.69, 9.17) is 10.00 Å². The molecule has 1 amide bonds. The van der Waals surface area contributed by atoms with Crippen LogP contribution in [-0.4, -0.2) is 56.7 Å². The number of benzene rings is 2. The minimum atomic E-state index is 0.0367. The number of amides is 1. The van der Waals surface area contributed by atoms with E-state index in [2.05, 4.69) is 21.9 Å². The van der Waals surface area contributed by atoms with Crippen LogP contribution in [0.15, 0.2) is 54.6 Å². The first kappa shape index (κ1) is 20.7. The molecule has 0 radical (unpaired) electrons. The fourth-order valence-corrected chi connectivity index (χ4v) is 3.59. The molecule has 0 aromatic heterocycles. The van der Waals surface area contributed by atoms with Gasteiger partial charge < -0.3 is 14.5 Å². The zero-order chi connectivity index (χ0) is 20.5. The summed E-state index contributed by atoms with van der Waals surface area (Å²) < 4.78 is 5.76. The van der Waals surface area contributed by atoms with Gasteiger partial charge in [0.15, 0.2) is 0 Å². The van der Waals surface area contributed by atoms with Crippen molar-refractivity contribution in [2.45, 2.75) is 13.3 Å². The third kappa shape index (κ3) is 5.49. The molecule has 6 nitrogen and oxygen atoms in total. The summed E-state index contributed by atoms with van der Waals surface area (Å²) in [6, 6.07) is 19.8. The Morgan fingerprint density at radius 2 is 1.76 bits per heavy atom. The molecule has 0 spiro atoms. The Morgan fingerprint density at radius 1 is 1.07 bits per heavy atom. The number of anilines is 2. The summed E-state index contributed by atoms with van der Waals surface area (Å²) in [7, 11) is 0. The van der Waals surface area contributed by atoms with E-state index in [0.29, 0.717) is 26.1 Å². The minimum Gasteiger partial charge on any atom is -0.492 e. The molecule has 29 heavy (non-hydrogen) atoms. The number of nitriles is 1. The Hall–Kier alpha value is -3.04. The Morgan fingerprint density at radius 3 is 2.45 bits per heavy atom. The predicted molar refractivity (Wildman–Crippen MR) is 115 cm³/mol. The molecule has 1 saturated heterocycles. The molecule has 152 valence electrons. The van der Waals surface area contributed by atoms with Crippen LogP contribution in [-0.2, 0) is 4.79 Å². The summed E-state index contributed by atoms with van der Waals surface area (Å²) in [6.07, 6.45) is 0.322. The van der Waals surface area contributed by atoms with Gasteiger partial charge in [0.05, 0.1) is 31.3 Å². The van der Waals surface area contributed by atoms with Gasteiger partial charge in [0.1, 0.15) is 5.75 Å². The number of nitrogens with zero attached hydrogens (tertiary/aromatic N) is 4. The number of rotatable bonds is 8. The van der Waals surface area contributed by atoms with Crippen LogP contribution in [0.3, 0.4) is 0 Å². The van der Waals surface area contributed by atoms with E-state index in [1.165, 1.54) is 0 Å². The molecular weight excluding hydrogens is 364 g/mol. The molecule has 0 N–H and O–H groups in total. The van der Waals surface area contributed by atoms with Crippen molar-refractivity contribution in [2.75, 3.05) is 55.7 Å². The Kier molecular flexibility index (Phi) is 7.48. The van der Waals surface area contributed by atoms with Crippen LogP contribution in [0.4, 0.5) is 11.4 Å². The van der Waals surface area contributed by atoms with Gasteiger partial charge in [-0.15, -0.1) is 0 Å². The Labute approximate surface area is 172 Å². The van der Waals surface area contributed by atoms with Gasteiger partial charge in [0.25, 0.3) is 0 Å². The van der Waals surface area contributed by atoms with Crippen molar-refractivity contribution >= 4 is 17.3 Å². The number of carbonyl (C=O) groups is 1. The van der Waals surface area contributed by atoms with Gasteiger partial charge >= 0.3 is 0 Å². The summed E-state index contributed by atoms with van der Waals surface area (Å²) >= 11 is 0. The van der Waals surface area contributed by atoms with E-state index in [1.54, 1.807) is 4.90 Å². The van der Waals surface area contributed by atoms with Crippen molar-refractivity contribution in [3.05, 3.63) is 54.6 Å². The average Bonchev–Trinajstić information content (AvgIpc) is 2.76. The summed E-state index contributed by atoms with van der Waals surface area (Å²) in [5.41, 5.74) is 1.96. The molecule has 1 aliphatic rings. The van der Waals surface area contributed by atoms with Crippen molar-refractivity contribution < 1.29 is 9.53 Å². The van der Waals surface area contributed by atoms with Gasteiger partial charge in [0, 0.05) is 38.4 Å². The van der Waals surface area contributed by atoms with Gasteiger partial charge in [-0.25, -0.2) is 0 Å². The number of hydrogen-bond donors (Lipinski definition) is 0. The van der Waals surface area contributed by atoms with Crippen LogP contribution in [0.1, 0.15) is 13.3 Å². The van der Waals surface area contributed by atoms with Gasteiger partial charge in [-0.05, 0) is 31.2 Å².